The molecule has 0 saturated heterocycles. The first-order chi connectivity index (χ1) is 9.80. The molecule has 0 aliphatic rings. The van der Waals surface area contributed by atoms with Gasteiger partial charge in [-0.05, 0) is 46.2 Å². The van der Waals surface area contributed by atoms with E-state index in [1.807, 2.05) is 46.9 Å². The van der Waals surface area contributed by atoms with Gasteiger partial charge in [-0.2, -0.15) is 0 Å². The van der Waals surface area contributed by atoms with Gasteiger partial charge in [0.25, 0.3) is 0 Å². The molecule has 0 fully saturated rings. The van der Waals surface area contributed by atoms with Gasteiger partial charge in [-0.1, -0.05) is 18.2 Å². The van der Waals surface area contributed by atoms with Crippen LogP contribution >= 0.6 is 0 Å². The molecule has 118 valence electrons. The molecule has 4 nitrogen and oxygen atoms in total. The van der Waals surface area contributed by atoms with Crippen LogP contribution in [0.1, 0.15) is 33.3 Å². The lowest BCUT2D eigenvalue weighted by Crippen LogP contribution is -2.59. The summed E-state index contributed by atoms with van der Waals surface area (Å²) in [7, 11) is 2.00. The highest BCUT2D eigenvalue weighted by Crippen LogP contribution is 2.21. The van der Waals surface area contributed by atoms with Crippen molar-refractivity contribution >= 4 is 11.7 Å². The molecular weight excluding hydrogens is 264 g/mol. The second-order valence-electron chi connectivity index (χ2n) is 5.99. The first-order valence-electron chi connectivity index (χ1n) is 7.52. The summed E-state index contributed by atoms with van der Waals surface area (Å²) in [5.41, 5.74) is 1.58. The molecular formula is C17H28N2O2. The summed E-state index contributed by atoms with van der Waals surface area (Å²) in [6.07, 6.45) is 0. The highest BCUT2D eigenvalue weighted by molar-refractivity contribution is 5.81. The van der Waals surface area contributed by atoms with Gasteiger partial charge in [-0.15, -0.1) is 0 Å². The van der Waals surface area contributed by atoms with Crippen LogP contribution < -0.4 is 10.2 Å². The fraction of sp³-hybridized carbons (Fsp3) is 0.588. The van der Waals surface area contributed by atoms with Crippen molar-refractivity contribution in [1.82, 2.24) is 5.32 Å². The number of benzene rings is 1. The summed E-state index contributed by atoms with van der Waals surface area (Å²) in [5, 5.41) is 3.34. The van der Waals surface area contributed by atoms with E-state index >= 15 is 0 Å². The fourth-order valence-corrected chi connectivity index (χ4v) is 2.65. The Kier molecular flexibility index (Phi) is 6.21. The molecule has 0 radical (unpaired) electrons. The molecule has 1 rings (SSSR count). The number of nitrogens with zero attached hydrogens (tertiary/aromatic N) is 1. The Morgan fingerprint density at radius 3 is 2.52 bits per heavy atom. The van der Waals surface area contributed by atoms with Crippen LogP contribution in [0.25, 0.3) is 0 Å². The molecule has 1 N–H and O–H groups in total. The summed E-state index contributed by atoms with van der Waals surface area (Å²) < 4.78 is 5.25. The van der Waals surface area contributed by atoms with Crippen LogP contribution in [0.3, 0.4) is 0 Å². The van der Waals surface area contributed by atoms with E-state index in [1.54, 1.807) is 0 Å². The Balaban J connectivity index is 2.95. The summed E-state index contributed by atoms with van der Waals surface area (Å²) in [5.74, 6) is -0.209. The van der Waals surface area contributed by atoms with Crippen LogP contribution in [0, 0.1) is 6.92 Å². The van der Waals surface area contributed by atoms with E-state index in [0.29, 0.717) is 13.2 Å². The van der Waals surface area contributed by atoms with Gasteiger partial charge in [-0.25, -0.2) is 4.79 Å². The minimum atomic E-state index is -0.735. The van der Waals surface area contributed by atoms with Crippen molar-refractivity contribution in [3.63, 3.8) is 0 Å². The van der Waals surface area contributed by atoms with E-state index < -0.39 is 5.54 Å². The quantitative estimate of drug-likeness (QED) is 0.785. The average Bonchev–Trinajstić information content (AvgIpc) is 2.38. The lowest BCUT2D eigenvalue weighted by atomic mass is 9.99. The van der Waals surface area contributed by atoms with E-state index in [0.717, 1.165) is 5.69 Å². The van der Waals surface area contributed by atoms with Gasteiger partial charge in [0.2, 0.25) is 0 Å². The van der Waals surface area contributed by atoms with Gasteiger partial charge in [0.15, 0.2) is 0 Å². The number of ether oxygens (including phenoxy) is 1. The number of aryl methyl sites for hydroxylation is 1. The summed E-state index contributed by atoms with van der Waals surface area (Å²) in [6, 6.07) is 8.37. The maximum absolute atomic E-state index is 12.3. The van der Waals surface area contributed by atoms with E-state index in [2.05, 4.69) is 29.3 Å². The van der Waals surface area contributed by atoms with Crippen molar-refractivity contribution in [2.24, 2.45) is 0 Å². The molecule has 0 saturated carbocycles. The maximum Gasteiger partial charge on any atom is 0.327 e. The molecule has 21 heavy (non-hydrogen) atoms. The number of para-hydroxylation sites is 1. The largest absolute Gasteiger partial charge is 0.465 e. The SMILES string of the molecule is CCOC(=O)C(C)(CN(C)c1ccccc1C)NC(C)C. The van der Waals surface area contributed by atoms with Crippen molar-refractivity contribution in [3.8, 4) is 0 Å². The third kappa shape index (κ3) is 4.74. The van der Waals surface area contributed by atoms with Gasteiger partial charge < -0.3 is 9.64 Å². The fourth-order valence-electron chi connectivity index (χ4n) is 2.65. The molecule has 0 aliphatic heterocycles. The predicted molar refractivity (Wildman–Crippen MR) is 87.8 cm³/mol. The van der Waals surface area contributed by atoms with E-state index in [1.165, 1.54) is 5.56 Å². The molecule has 0 amide bonds. The third-order valence-electron chi connectivity index (χ3n) is 3.41. The van der Waals surface area contributed by atoms with Crippen molar-refractivity contribution in [3.05, 3.63) is 29.8 Å². The van der Waals surface area contributed by atoms with Gasteiger partial charge in [0, 0.05) is 25.3 Å². The summed E-state index contributed by atoms with van der Waals surface area (Å²) in [4.78, 5) is 14.4. The molecule has 1 aromatic rings. The van der Waals surface area contributed by atoms with E-state index in [-0.39, 0.29) is 12.0 Å². The molecule has 1 unspecified atom stereocenters. The zero-order valence-corrected chi connectivity index (χ0v) is 14.1. The number of anilines is 1. The molecule has 0 aromatic heterocycles. The molecule has 0 bridgehead atoms. The zero-order valence-electron chi connectivity index (χ0n) is 14.1. The van der Waals surface area contributed by atoms with Crippen molar-refractivity contribution in [1.29, 1.82) is 0 Å². The first-order valence-corrected chi connectivity index (χ1v) is 7.52. The Bertz CT molecular complexity index is 474. The molecule has 0 spiro atoms. The smallest absolute Gasteiger partial charge is 0.327 e. The second kappa shape index (κ2) is 7.46. The Hall–Kier alpha value is -1.55. The monoisotopic (exact) mass is 292 g/mol. The van der Waals surface area contributed by atoms with Gasteiger partial charge in [0.1, 0.15) is 5.54 Å². The number of hydrogen-bond acceptors (Lipinski definition) is 4. The van der Waals surface area contributed by atoms with Gasteiger partial charge in [-0.3, -0.25) is 5.32 Å². The van der Waals surface area contributed by atoms with E-state index in [9.17, 15) is 4.79 Å². The molecule has 1 atom stereocenters. The summed E-state index contributed by atoms with van der Waals surface area (Å²) >= 11 is 0. The van der Waals surface area contributed by atoms with Crippen molar-refractivity contribution in [2.75, 3.05) is 25.1 Å². The van der Waals surface area contributed by atoms with Crippen LogP contribution in [0.4, 0.5) is 5.69 Å². The number of rotatable bonds is 7. The zero-order chi connectivity index (χ0) is 16.0. The minimum Gasteiger partial charge on any atom is -0.465 e. The molecule has 1 aromatic carbocycles. The Morgan fingerprint density at radius 2 is 2.00 bits per heavy atom. The van der Waals surface area contributed by atoms with Crippen LogP contribution in [-0.4, -0.2) is 37.7 Å². The highest BCUT2D eigenvalue weighted by atomic mass is 16.5. The van der Waals surface area contributed by atoms with Crippen LogP contribution in [0.2, 0.25) is 0 Å². The lowest BCUT2D eigenvalue weighted by molar-refractivity contribution is -0.150. The predicted octanol–water partition coefficient (Wildman–Crippen LogP) is 2.75. The van der Waals surface area contributed by atoms with Crippen molar-refractivity contribution < 1.29 is 9.53 Å². The molecule has 4 heteroatoms. The van der Waals surface area contributed by atoms with Gasteiger partial charge >= 0.3 is 5.97 Å². The highest BCUT2D eigenvalue weighted by Gasteiger charge is 2.36. The normalized spacial score (nSPS) is 13.9. The molecule has 0 aliphatic carbocycles. The minimum absolute atomic E-state index is 0.199. The lowest BCUT2D eigenvalue weighted by Gasteiger charge is -2.35. The van der Waals surface area contributed by atoms with Crippen molar-refractivity contribution in [2.45, 2.75) is 46.2 Å². The first kappa shape index (κ1) is 17.5. The topological polar surface area (TPSA) is 41.6 Å². The number of carbonyl (C=O) groups excluding carboxylic acids is 1. The number of hydrogen-bond donors (Lipinski definition) is 1. The molecule has 0 heterocycles. The number of likely N-dealkylation sites (N-methyl/N-ethyl adjacent to an activating group) is 1. The van der Waals surface area contributed by atoms with Crippen LogP contribution in [0.5, 0.6) is 0 Å². The third-order valence-corrected chi connectivity index (χ3v) is 3.41. The standard InChI is InChI=1S/C17H28N2O2/c1-7-21-16(20)17(5,18-13(2)3)12-19(6)15-11-9-8-10-14(15)4/h8-11,13,18H,7,12H2,1-6H3. The van der Waals surface area contributed by atoms with Gasteiger partial charge in [0.05, 0.1) is 6.61 Å². The van der Waals surface area contributed by atoms with E-state index in [4.69, 9.17) is 4.74 Å². The Morgan fingerprint density at radius 1 is 1.38 bits per heavy atom. The number of esters is 1. The summed E-state index contributed by atoms with van der Waals surface area (Å²) in [6.45, 7) is 10.8. The number of nitrogens with one attached hydrogen (secondary N) is 1. The Labute approximate surface area is 128 Å². The average molecular weight is 292 g/mol. The number of carbonyl (C=O) groups is 1. The second-order valence-corrected chi connectivity index (χ2v) is 5.99. The van der Waals surface area contributed by atoms with Crippen LogP contribution in [-0.2, 0) is 9.53 Å². The van der Waals surface area contributed by atoms with Crippen LogP contribution in [0.15, 0.2) is 24.3 Å². The maximum atomic E-state index is 12.3.